The number of para-hydroxylation sites is 1. The Morgan fingerprint density at radius 3 is 2.42 bits per heavy atom. The Kier molecular flexibility index (Phi) is 11.7. The number of anilines is 1. The molecule has 5 heterocycles. The number of phenolic OH excluding ortho intramolecular Hbond substituents is 1. The Bertz CT molecular complexity index is 2300. The van der Waals surface area contributed by atoms with Gasteiger partial charge in [0.1, 0.15) is 23.3 Å². The number of nitrogens with zero attached hydrogens (tertiary/aromatic N) is 6. The maximum Gasteiger partial charge on any atom is 0.328 e. The van der Waals surface area contributed by atoms with Crippen LogP contribution in [-0.2, 0) is 9.53 Å². The molecule has 1 aliphatic carbocycles. The number of aromatic hydroxyl groups is 1. The minimum Gasteiger partial charge on any atom is -0.507 e. The molecule has 8 N–H and O–H groups in total. The van der Waals surface area contributed by atoms with Gasteiger partial charge in [0.05, 0.1) is 24.2 Å². The van der Waals surface area contributed by atoms with Crippen molar-refractivity contribution in [2.24, 2.45) is 23.1 Å². The normalized spacial score (nSPS) is 23.2. The van der Waals surface area contributed by atoms with Crippen molar-refractivity contribution in [3.8, 4) is 5.75 Å². The monoisotopic (exact) mass is 816 g/mol. The molecule has 15 heteroatoms. The van der Waals surface area contributed by atoms with Gasteiger partial charge in [0, 0.05) is 92.7 Å². The van der Waals surface area contributed by atoms with E-state index in [1.54, 1.807) is 41.4 Å². The molecule has 3 aliphatic heterocycles. The van der Waals surface area contributed by atoms with Gasteiger partial charge in [-0.25, -0.2) is 9.78 Å². The molecule has 4 aromatic rings. The highest BCUT2D eigenvalue weighted by Gasteiger charge is 2.32. The fourth-order valence-electron chi connectivity index (χ4n) is 9.21. The van der Waals surface area contributed by atoms with Crippen LogP contribution in [0, 0.1) is 12.8 Å². The van der Waals surface area contributed by atoms with E-state index >= 15 is 0 Å². The van der Waals surface area contributed by atoms with Crippen molar-refractivity contribution in [1.29, 1.82) is 0 Å². The molecule has 8 rings (SSSR count). The number of benzene rings is 2. The van der Waals surface area contributed by atoms with Crippen molar-refractivity contribution in [3.05, 3.63) is 107 Å². The predicted octanol–water partition coefficient (Wildman–Crippen LogP) is 4.53. The molecule has 2 aromatic carbocycles. The number of nitrogens with one attached hydrogen (secondary N) is 1. The number of amides is 4. The molecule has 4 fully saturated rings. The zero-order valence-electron chi connectivity index (χ0n) is 34.4. The molecule has 2 aromatic heterocycles. The van der Waals surface area contributed by atoms with Gasteiger partial charge in [-0.2, -0.15) is 0 Å². The second-order valence-electron chi connectivity index (χ2n) is 16.7. The molecule has 1 saturated carbocycles. The first-order chi connectivity index (χ1) is 28.9. The molecule has 4 aliphatic rings. The fraction of sp³-hybridized carbons (Fsp3) is 0.422. The number of morpholine rings is 1. The van der Waals surface area contributed by atoms with Crippen LogP contribution in [0.25, 0.3) is 16.7 Å². The average molecular weight is 817 g/mol. The van der Waals surface area contributed by atoms with Crippen LogP contribution in [0.1, 0.15) is 78.2 Å². The van der Waals surface area contributed by atoms with Crippen LogP contribution in [0.5, 0.6) is 5.75 Å². The lowest BCUT2D eigenvalue weighted by atomic mass is 9.85. The molecule has 0 bridgehead atoms. The lowest BCUT2D eigenvalue weighted by molar-refractivity contribution is -0.120. The van der Waals surface area contributed by atoms with Crippen LogP contribution in [0.3, 0.4) is 0 Å². The number of imide groups is 1. The maximum absolute atomic E-state index is 13.6. The number of hydrogen-bond donors (Lipinski definition) is 5. The molecule has 2 unspecified atom stereocenters. The first kappa shape index (κ1) is 40.7. The van der Waals surface area contributed by atoms with Crippen molar-refractivity contribution in [2.75, 3.05) is 57.3 Å². The van der Waals surface area contributed by atoms with Gasteiger partial charge in [-0.05, 0) is 93.0 Å². The van der Waals surface area contributed by atoms with Gasteiger partial charge < -0.3 is 41.4 Å². The lowest BCUT2D eigenvalue weighted by Gasteiger charge is -2.40. The van der Waals surface area contributed by atoms with E-state index in [9.17, 15) is 19.5 Å². The number of aromatic nitrogens is 2. The molecule has 4 amide bonds. The van der Waals surface area contributed by atoms with E-state index in [2.05, 4.69) is 32.8 Å². The number of phenols is 1. The van der Waals surface area contributed by atoms with E-state index < -0.39 is 6.03 Å². The molecule has 15 nitrogen and oxygen atoms in total. The quantitative estimate of drug-likeness (QED) is 0.149. The topological polar surface area (TPSA) is 202 Å². The van der Waals surface area contributed by atoms with E-state index in [4.69, 9.17) is 26.9 Å². The summed E-state index contributed by atoms with van der Waals surface area (Å²) in [5.41, 5.74) is 24.5. The summed E-state index contributed by atoms with van der Waals surface area (Å²) in [6.07, 6.45) is 10.1. The van der Waals surface area contributed by atoms with E-state index in [0.29, 0.717) is 73.0 Å². The number of hydrogen-bond acceptors (Lipinski definition) is 11. The number of pyridine rings is 1. The van der Waals surface area contributed by atoms with E-state index in [0.717, 1.165) is 67.5 Å². The molecule has 316 valence electrons. The number of carbonyl (C=O) groups excluding carboxylic acids is 3. The number of fused-ring (bicyclic) bond motifs is 1. The highest BCUT2D eigenvalue weighted by Crippen LogP contribution is 2.37. The Balaban J connectivity index is 0.818. The molecule has 2 atom stereocenters. The van der Waals surface area contributed by atoms with E-state index in [-0.39, 0.29) is 42.0 Å². The first-order valence-corrected chi connectivity index (χ1v) is 21.0. The number of piperazine rings is 1. The highest BCUT2D eigenvalue weighted by molar-refractivity contribution is 6.06. The smallest absolute Gasteiger partial charge is 0.328 e. The number of nitrogens with two attached hydrogens (primary N) is 3. The molecule has 0 spiro atoms. The van der Waals surface area contributed by atoms with E-state index in [1.165, 1.54) is 0 Å². The molecular weight excluding hydrogens is 761 g/mol. The number of rotatable bonds is 9. The van der Waals surface area contributed by atoms with Gasteiger partial charge in [0.25, 0.3) is 5.91 Å². The minimum absolute atomic E-state index is 0.0298. The molecular formula is C45H56N10O5. The third-order valence-corrected chi connectivity index (χ3v) is 12.7. The second kappa shape index (κ2) is 17.3. The van der Waals surface area contributed by atoms with Crippen LogP contribution in [0.4, 0.5) is 10.5 Å². The van der Waals surface area contributed by atoms with Crippen molar-refractivity contribution in [3.63, 3.8) is 0 Å². The fourth-order valence-corrected chi connectivity index (χ4v) is 9.21. The number of allylic oxidation sites excluding steroid dienone is 1. The summed E-state index contributed by atoms with van der Waals surface area (Å²) in [6, 6.07) is 16.5. The van der Waals surface area contributed by atoms with Crippen molar-refractivity contribution in [2.45, 2.75) is 64.1 Å². The SMILES string of the molecule is Cc1cn(C2CCC(CN3CCN(C(=O)c4ccc(C5CN(C(/C=C(\N)c6ccccc6O)=C(N)N)C(C)CO5)cc4)CC3)CC2)c2ncc(N3CCC(=O)NC3=O)cc12. The number of aryl methyl sites for hydroxylation is 1. The third kappa shape index (κ3) is 8.50. The summed E-state index contributed by atoms with van der Waals surface area (Å²) in [4.78, 5) is 50.6. The van der Waals surface area contributed by atoms with Gasteiger partial charge >= 0.3 is 6.03 Å². The second-order valence-corrected chi connectivity index (χ2v) is 16.7. The first-order valence-electron chi connectivity index (χ1n) is 21.0. The minimum atomic E-state index is -0.401. The Morgan fingerprint density at radius 1 is 0.983 bits per heavy atom. The van der Waals surface area contributed by atoms with Gasteiger partial charge in [-0.1, -0.05) is 24.3 Å². The zero-order chi connectivity index (χ0) is 42.1. The van der Waals surface area contributed by atoms with Crippen LogP contribution < -0.4 is 27.4 Å². The molecule has 60 heavy (non-hydrogen) atoms. The summed E-state index contributed by atoms with van der Waals surface area (Å²) in [6.45, 7) is 9.52. The highest BCUT2D eigenvalue weighted by atomic mass is 16.5. The number of ether oxygens (including phenoxy) is 1. The average Bonchev–Trinajstić information content (AvgIpc) is 3.58. The van der Waals surface area contributed by atoms with E-state index in [1.807, 2.05) is 42.2 Å². The summed E-state index contributed by atoms with van der Waals surface area (Å²) in [5, 5.41) is 13.8. The molecule has 0 radical (unpaired) electrons. The summed E-state index contributed by atoms with van der Waals surface area (Å²) in [7, 11) is 0. The number of carbonyl (C=O) groups is 3. The summed E-state index contributed by atoms with van der Waals surface area (Å²) < 4.78 is 8.57. The maximum atomic E-state index is 13.6. The van der Waals surface area contributed by atoms with Crippen molar-refractivity contribution >= 4 is 40.3 Å². The van der Waals surface area contributed by atoms with Crippen molar-refractivity contribution < 1.29 is 24.2 Å². The third-order valence-electron chi connectivity index (χ3n) is 12.7. The summed E-state index contributed by atoms with van der Waals surface area (Å²) >= 11 is 0. The van der Waals surface area contributed by atoms with Crippen LogP contribution in [0.2, 0.25) is 0 Å². The summed E-state index contributed by atoms with van der Waals surface area (Å²) in [5.74, 6) is 0.590. The van der Waals surface area contributed by atoms with Gasteiger partial charge in [-0.15, -0.1) is 0 Å². The Labute approximate surface area is 350 Å². The Morgan fingerprint density at radius 2 is 1.72 bits per heavy atom. The van der Waals surface area contributed by atoms with Crippen LogP contribution in [-0.4, -0.2) is 106 Å². The van der Waals surface area contributed by atoms with Crippen LogP contribution in [0.15, 0.2) is 84.6 Å². The standard InChI is InChI=1S/C45H56N10O5/c1-28-24-55(43-36(28)21-34(23-49-43)53-16-15-41(57)50-45(53)59)33-13-7-30(8-14-33)25-51-17-19-52(20-18-51)44(58)32-11-9-31(10-12-32)40-26-54(29(2)27-60-40)38(42(47)48)22-37(46)35-5-3-4-6-39(35)56/h3-6,9-12,21-24,29-30,33,40,56H,7-8,13-20,25-27,46-48H2,1-2H3,(H,50,57,59)/b37-22-. The zero-order valence-corrected chi connectivity index (χ0v) is 34.4. The van der Waals surface area contributed by atoms with Gasteiger partial charge in [-0.3, -0.25) is 24.7 Å². The van der Waals surface area contributed by atoms with Gasteiger partial charge in [0.2, 0.25) is 5.91 Å². The lowest BCUT2D eigenvalue weighted by Crippen LogP contribution is -2.50. The molecule has 3 saturated heterocycles. The van der Waals surface area contributed by atoms with Crippen LogP contribution >= 0.6 is 0 Å². The van der Waals surface area contributed by atoms with Crippen molar-refractivity contribution in [1.82, 2.24) is 29.6 Å². The Hall–Kier alpha value is -6.06. The predicted molar refractivity (Wildman–Crippen MR) is 230 cm³/mol. The largest absolute Gasteiger partial charge is 0.507 e. The number of urea groups is 1. The van der Waals surface area contributed by atoms with Gasteiger partial charge in [0.15, 0.2) is 0 Å².